The number of hydrogen-bond donors (Lipinski definition) is 1. The van der Waals surface area contributed by atoms with E-state index in [4.69, 9.17) is 4.74 Å². The minimum absolute atomic E-state index is 0.0883. The molecule has 0 aromatic carbocycles. The van der Waals surface area contributed by atoms with Gasteiger partial charge in [-0.25, -0.2) is 0 Å². The van der Waals surface area contributed by atoms with Crippen LogP contribution in [0.15, 0.2) is 0 Å². The van der Waals surface area contributed by atoms with Gasteiger partial charge in [0.1, 0.15) is 0 Å². The number of amides is 1. The van der Waals surface area contributed by atoms with Crippen LogP contribution < -0.4 is 5.32 Å². The van der Waals surface area contributed by atoms with Gasteiger partial charge < -0.3 is 10.1 Å². The fourth-order valence-electron chi connectivity index (χ4n) is 2.39. The molecule has 0 saturated carbocycles. The highest BCUT2D eigenvalue weighted by Crippen LogP contribution is 2.24. The molecule has 0 aromatic heterocycles. The first-order valence-corrected chi connectivity index (χ1v) is 8.25. The summed E-state index contributed by atoms with van der Waals surface area (Å²) in [6, 6.07) is 0. The lowest BCUT2D eigenvalue weighted by Crippen LogP contribution is -2.54. The average molecular weight is 320 g/mol. The van der Waals surface area contributed by atoms with Crippen LogP contribution in [0.5, 0.6) is 0 Å². The van der Waals surface area contributed by atoms with E-state index in [9.17, 15) is 4.79 Å². The first-order chi connectivity index (χ1) is 8.67. The normalized spacial score (nSPS) is 20.4. The summed E-state index contributed by atoms with van der Waals surface area (Å²) in [6.07, 6.45) is 6.05. The van der Waals surface area contributed by atoms with Crippen LogP contribution in [0.1, 0.15) is 52.4 Å². The Morgan fingerprint density at radius 1 is 1.39 bits per heavy atom. The number of rotatable bonds is 7. The van der Waals surface area contributed by atoms with Gasteiger partial charge in [-0.1, -0.05) is 42.6 Å². The van der Waals surface area contributed by atoms with E-state index in [0.717, 1.165) is 57.1 Å². The molecule has 1 saturated heterocycles. The van der Waals surface area contributed by atoms with E-state index in [-0.39, 0.29) is 17.4 Å². The summed E-state index contributed by atoms with van der Waals surface area (Å²) in [4.78, 5) is 12.3. The third-order valence-corrected chi connectivity index (χ3v) is 4.94. The number of alkyl halides is 1. The van der Waals surface area contributed by atoms with Gasteiger partial charge in [0.2, 0.25) is 5.91 Å². The van der Waals surface area contributed by atoms with Gasteiger partial charge >= 0.3 is 0 Å². The zero-order valence-corrected chi connectivity index (χ0v) is 13.2. The standard InChI is InChI=1S/C14H26BrNO2/c1-3-5-6-12(4-2)13(17)16-14(11-15)7-9-18-10-8-14/h12H,3-11H2,1-2H3,(H,16,17). The van der Waals surface area contributed by atoms with E-state index < -0.39 is 0 Å². The van der Waals surface area contributed by atoms with Gasteiger partial charge in [0, 0.05) is 24.5 Å². The maximum Gasteiger partial charge on any atom is 0.223 e. The zero-order chi connectivity index (χ0) is 13.4. The number of nitrogens with one attached hydrogen (secondary N) is 1. The molecule has 1 rings (SSSR count). The van der Waals surface area contributed by atoms with E-state index >= 15 is 0 Å². The Morgan fingerprint density at radius 2 is 2.06 bits per heavy atom. The van der Waals surface area contributed by atoms with Crippen LogP contribution in [0.4, 0.5) is 0 Å². The van der Waals surface area contributed by atoms with Crippen molar-refractivity contribution in [2.75, 3.05) is 18.5 Å². The predicted molar refractivity (Wildman–Crippen MR) is 78.0 cm³/mol. The highest BCUT2D eigenvalue weighted by atomic mass is 79.9. The monoisotopic (exact) mass is 319 g/mol. The number of carbonyl (C=O) groups is 1. The molecule has 0 spiro atoms. The second-order valence-corrected chi connectivity index (χ2v) is 5.82. The molecule has 0 bridgehead atoms. The number of hydrogen-bond acceptors (Lipinski definition) is 2. The third-order valence-electron chi connectivity index (χ3n) is 3.86. The molecule has 0 aromatic rings. The van der Waals surface area contributed by atoms with E-state index in [1.54, 1.807) is 0 Å². The van der Waals surface area contributed by atoms with Gasteiger partial charge in [-0.15, -0.1) is 0 Å². The first kappa shape index (κ1) is 16.0. The van der Waals surface area contributed by atoms with Crippen molar-refractivity contribution in [3.05, 3.63) is 0 Å². The van der Waals surface area contributed by atoms with Crippen LogP contribution in [0.2, 0.25) is 0 Å². The Kier molecular flexibility index (Phi) is 7.23. The molecular weight excluding hydrogens is 294 g/mol. The summed E-state index contributed by atoms with van der Waals surface area (Å²) < 4.78 is 5.39. The van der Waals surface area contributed by atoms with Gasteiger partial charge in [0.25, 0.3) is 0 Å². The topological polar surface area (TPSA) is 38.3 Å². The summed E-state index contributed by atoms with van der Waals surface area (Å²) in [5, 5.41) is 4.09. The van der Waals surface area contributed by atoms with Crippen molar-refractivity contribution < 1.29 is 9.53 Å². The Labute approximate surface area is 119 Å². The van der Waals surface area contributed by atoms with Crippen molar-refractivity contribution in [3.63, 3.8) is 0 Å². The minimum Gasteiger partial charge on any atom is -0.381 e. The second-order valence-electron chi connectivity index (χ2n) is 5.26. The highest BCUT2D eigenvalue weighted by molar-refractivity contribution is 9.09. The summed E-state index contributed by atoms with van der Waals surface area (Å²) in [6.45, 7) is 5.77. The fraction of sp³-hybridized carbons (Fsp3) is 0.929. The fourth-order valence-corrected chi connectivity index (χ4v) is 3.09. The number of ether oxygens (including phenoxy) is 1. The van der Waals surface area contributed by atoms with Crippen LogP contribution in [0.3, 0.4) is 0 Å². The Morgan fingerprint density at radius 3 is 2.56 bits per heavy atom. The van der Waals surface area contributed by atoms with Crippen molar-refractivity contribution >= 4 is 21.8 Å². The molecule has 1 N–H and O–H groups in total. The van der Waals surface area contributed by atoms with E-state index in [2.05, 4.69) is 35.1 Å². The van der Waals surface area contributed by atoms with Crippen LogP contribution in [0, 0.1) is 5.92 Å². The maximum absolute atomic E-state index is 12.3. The summed E-state index contributed by atoms with van der Waals surface area (Å²) in [5.41, 5.74) is -0.0883. The molecule has 3 nitrogen and oxygen atoms in total. The van der Waals surface area contributed by atoms with Crippen molar-refractivity contribution in [3.8, 4) is 0 Å². The molecule has 1 fully saturated rings. The lowest BCUT2D eigenvalue weighted by molar-refractivity contribution is -0.128. The highest BCUT2D eigenvalue weighted by Gasteiger charge is 2.34. The molecule has 1 heterocycles. The lowest BCUT2D eigenvalue weighted by atomic mass is 9.90. The average Bonchev–Trinajstić information content (AvgIpc) is 2.40. The Balaban J connectivity index is 2.53. The zero-order valence-electron chi connectivity index (χ0n) is 11.6. The molecule has 106 valence electrons. The SMILES string of the molecule is CCCCC(CC)C(=O)NC1(CBr)CCOCC1. The van der Waals surface area contributed by atoms with Crippen LogP contribution in [0.25, 0.3) is 0 Å². The molecule has 0 aliphatic carbocycles. The van der Waals surface area contributed by atoms with E-state index in [1.807, 2.05) is 0 Å². The smallest absolute Gasteiger partial charge is 0.223 e. The largest absolute Gasteiger partial charge is 0.381 e. The molecular formula is C14H26BrNO2. The summed E-state index contributed by atoms with van der Waals surface area (Å²) in [5.74, 6) is 0.399. The molecule has 1 amide bonds. The molecule has 1 aliphatic rings. The van der Waals surface area contributed by atoms with Crippen LogP contribution >= 0.6 is 15.9 Å². The number of unbranched alkanes of at least 4 members (excludes halogenated alkanes) is 1. The van der Waals surface area contributed by atoms with E-state index in [0.29, 0.717) is 0 Å². The van der Waals surface area contributed by atoms with Gasteiger partial charge in [-0.05, 0) is 25.7 Å². The third kappa shape index (κ3) is 4.54. The van der Waals surface area contributed by atoms with Crippen molar-refractivity contribution in [1.82, 2.24) is 5.32 Å². The molecule has 1 unspecified atom stereocenters. The quantitative estimate of drug-likeness (QED) is 0.731. The maximum atomic E-state index is 12.3. The van der Waals surface area contributed by atoms with Gasteiger partial charge in [0.05, 0.1) is 5.54 Å². The molecule has 18 heavy (non-hydrogen) atoms. The van der Waals surface area contributed by atoms with Crippen LogP contribution in [-0.4, -0.2) is 30.0 Å². The Bertz CT molecular complexity index is 252. The van der Waals surface area contributed by atoms with Crippen molar-refractivity contribution in [1.29, 1.82) is 0 Å². The van der Waals surface area contributed by atoms with Crippen LogP contribution in [-0.2, 0) is 9.53 Å². The van der Waals surface area contributed by atoms with Gasteiger partial charge in [-0.2, -0.15) is 0 Å². The van der Waals surface area contributed by atoms with Crippen molar-refractivity contribution in [2.24, 2.45) is 5.92 Å². The minimum atomic E-state index is -0.0883. The summed E-state index contributed by atoms with van der Waals surface area (Å²) >= 11 is 3.55. The molecule has 1 atom stereocenters. The number of carbonyl (C=O) groups excluding carboxylic acids is 1. The Hall–Kier alpha value is -0.0900. The second kappa shape index (κ2) is 8.16. The van der Waals surface area contributed by atoms with Gasteiger partial charge in [0.15, 0.2) is 0 Å². The lowest BCUT2D eigenvalue weighted by Gasteiger charge is -2.37. The molecule has 0 radical (unpaired) electrons. The number of halogens is 1. The first-order valence-electron chi connectivity index (χ1n) is 7.13. The predicted octanol–water partition coefficient (Wildman–Crippen LogP) is 3.26. The van der Waals surface area contributed by atoms with Gasteiger partial charge in [-0.3, -0.25) is 4.79 Å². The molecule has 1 aliphatic heterocycles. The summed E-state index contributed by atoms with van der Waals surface area (Å²) in [7, 11) is 0. The molecule has 4 heteroatoms. The van der Waals surface area contributed by atoms with Crippen molar-refractivity contribution in [2.45, 2.75) is 57.9 Å². The van der Waals surface area contributed by atoms with E-state index in [1.165, 1.54) is 0 Å².